The maximum Gasteiger partial charge on any atom is 0.223 e. The molecule has 2 rings (SSSR count). The van der Waals surface area contributed by atoms with E-state index in [1.165, 1.54) is 6.07 Å². The van der Waals surface area contributed by atoms with E-state index in [9.17, 15) is 9.18 Å². The lowest BCUT2D eigenvalue weighted by Gasteiger charge is -2.40. The number of hydrogen-bond acceptors (Lipinski definition) is 2. The minimum absolute atomic E-state index is 0.101. The topological polar surface area (TPSA) is 29.5 Å². The van der Waals surface area contributed by atoms with Crippen molar-refractivity contribution in [1.82, 2.24) is 4.90 Å². The maximum atomic E-state index is 13.5. The molecule has 0 spiro atoms. The number of rotatable bonds is 4. The third kappa shape index (κ3) is 4.11. The summed E-state index contributed by atoms with van der Waals surface area (Å²) in [5, 5.41) is 0. The van der Waals surface area contributed by atoms with E-state index in [2.05, 4.69) is 13.8 Å². The van der Waals surface area contributed by atoms with Crippen LogP contribution in [0.3, 0.4) is 0 Å². The maximum absolute atomic E-state index is 13.5. The van der Waals surface area contributed by atoms with Crippen molar-refractivity contribution in [3.63, 3.8) is 0 Å². The van der Waals surface area contributed by atoms with Crippen molar-refractivity contribution >= 4 is 5.91 Å². The van der Waals surface area contributed by atoms with Crippen molar-refractivity contribution < 1.29 is 13.9 Å². The van der Waals surface area contributed by atoms with Gasteiger partial charge in [0.05, 0.1) is 25.3 Å². The molecular weight excluding hydrogens is 293 g/mol. The summed E-state index contributed by atoms with van der Waals surface area (Å²) < 4.78 is 19.0. The quantitative estimate of drug-likeness (QED) is 0.842. The Morgan fingerprint density at radius 3 is 2.43 bits per heavy atom. The number of halogens is 1. The van der Waals surface area contributed by atoms with Gasteiger partial charge in [0.1, 0.15) is 5.82 Å². The van der Waals surface area contributed by atoms with Gasteiger partial charge in [-0.2, -0.15) is 0 Å². The summed E-state index contributed by atoms with van der Waals surface area (Å²) in [6, 6.07) is 5.40. The zero-order valence-corrected chi connectivity index (χ0v) is 14.8. The number of morpholine rings is 1. The van der Waals surface area contributed by atoms with Gasteiger partial charge in [0.2, 0.25) is 5.91 Å². The molecule has 1 saturated heterocycles. The molecule has 0 aliphatic carbocycles. The molecule has 0 saturated carbocycles. The molecule has 1 aliphatic heterocycles. The van der Waals surface area contributed by atoms with Crippen molar-refractivity contribution in [2.24, 2.45) is 5.92 Å². The van der Waals surface area contributed by atoms with Gasteiger partial charge in [-0.25, -0.2) is 4.39 Å². The van der Waals surface area contributed by atoms with Crippen molar-refractivity contribution in [2.75, 3.05) is 13.2 Å². The van der Waals surface area contributed by atoms with Crippen LogP contribution in [0.4, 0.5) is 4.39 Å². The molecule has 1 heterocycles. The Morgan fingerprint density at radius 2 is 1.91 bits per heavy atom. The molecule has 1 aromatic carbocycles. The van der Waals surface area contributed by atoms with Crippen LogP contribution in [0.5, 0.6) is 0 Å². The number of carbonyl (C=O) groups is 1. The van der Waals surface area contributed by atoms with Gasteiger partial charge in [0, 0.05) is 6.42 Å². The lowest BCUT2D eigenvalue weighted by Crippen LogP contribution is -2.52. The molecule has 1 fully saturated rings. The first-order valence-corrected chi connectivity index (χ1v) is 8.46. The highest BCUT2D eigenvalue weighted by Crippen LogP contribution is 2.31. The van der Waals surface area contributed by atoms with Crippen LogP contribution < -0.4 is 0 Å². The highest BCUT2D eigenvalue weighted by Gasteiger charge is 2.31. The highest BCUT2D eigenvalue weighted by atomic mass is 19.1. The van der Waals surface area contributed by atoms with Crippen molar-refractivity contribution in [1.29, 1.82) is 0 Å². The van der Waals surface area contributed by atoms with Gasteiger partial charge in [-0.1, -0.05) is 26.0 Å². The van der Waals surface area contributed by atoms with Gasteiger partial charge in [-0.05, 0) is 49.8 Å². The SMILES string of the molecule is Cc1cc(C(CC(=O)N2C(C)COCC2C)C(C)C)ccc1F. The average Bonchev–Trinajstić information content (AvgIpc) is 2.47. The Kier molecular flexibility index (Phi) is 5.79. The van der Waals surface area contributed by atoms with Crippen LogP contribution in [0.1, 0.15) is 51.2 Å². The number of amides is 1. The van der Waals surface area contributed by atoms with Crippen LogP contribution >= 0.6 is 0 Å². The monoisotopic (exact) mass is 321 g/mol. The lowest BCUT2D eigenvalue weighted by atomic mass is 9.84. The molecule has 0 N–H and O–H groups in total. The zero-order chi connectivity index (χ0) is 17.1. The number of hydrogen-bond donors (Lipinski definition) is 0. The second kappa shape index (κ2) is 7.43. The Balaban J connectivity index is 2.18. The van der Waals surface area contributed by atoms with E-state index in [0.29, 0.717) is 31.1 Å². The fourth-order valence-corrected chi connectivity index (χ4v) is 3.43. The fraction of sp³-hybridized carbons (Fsp3) is 0.632. The van der Waals surface area contributed by atoms with Crippen molar-refractivity contribution in [2.45, 2.75) is 59.0 Å². The van der Waals surface area contributed by atoms with E-state index < -0.39 is 0 Å². The van der Waals surface area contributed by atoms with E-state index in [-0.39, 0.29) is 29.7 Å². The summed E-state index contributed by atoms with van der Waals surface area (Å²) in [5.41, 5.74) is 1.68. The first-order valence-electron chi connectivity index (χ1n) is 8.46. The summed E-state index contributed by atoms with van der Waals surface area (Å²) in [5.74, 6) is 0.381. The fourth-order valence-electron chi connectivity index (χ4n) is 3.43. The first-order chi connectivity index (χ1) is 10.8. The largest absolute Gasteiger partial charge is 0.377 e. The van der Waals surface area contributed by atoms with E-state index in [4.69, 9.17) is 4.74 Å². The Bertz CT molecular complexity index is 548. The molecule has 0 aromatic heterocycles. The van der Waals surface area contributed by atoms with Crippen molar-refractivity contribution in [3.05, 3.63) is 35.1 Å². The van der Waals surface area contributed by atoms with Crippen molar-refractivity contribution in [3.8, 4) is 0 Å². The Morgan fingerprint density at radius 1 is 1.30 bits per heavy atom. The van der Waals surface area contributed by atoms with Crippen LogP contribution in [-0.4, -0.2) is 36.1 Å². The molecule has 1 aromatic rings. The summed E-state index contributed by atoms with van der Waals surface area (Å²) >= 11 is 0. The van der Waals surface area contributed by atoms with Gasteiger partial charge in [-0.15, -0.1) is 0 Å². The van der Waals surface area contributed by atoms with Crippen LogP contribution in [0.25, 0.3) is 0 Å². The molecule has 3 nitrogen and oxygen atoms in total. The third-order valence-electron chi connectivity index (χ3n) is 4.77. The Labute approximate surface area is 138 Å². The first kappa shape index (κ1) is 17.9. The van der Waals surface area contributed by atoms with E-state index >= 15 is 0 Å². The van der Waals surface area contributed by atoms with Crippen LogP contribution in [-0.2, 0) is 9.53 Å². The summed E-state index contributed by atoms with van der Waals surface area (Å²) in [6.07, 6.45) is 0.456. The standard InChI is InChI=1S/C19H28FNO2/c1-12(2)17(16-6-7-18(20)13(3)8-16)9-19(22)21-14(4)10-23-11-15(21)5/h6-8,12,14-15,17H,9-11H2,1-5H3. The molecule has 4 heteroatoms. The van der Waals surface area contributed by atoms with Gasteiger partial charge in [-0.3, -0.25) is 4.79 Å². The number of ether oxygens (including phenoxy) is 1. The predicted octanol–water partition coefficient (Wildman–Crippen LogP) is 3.90. The molecular formula is C19H28FNO2. The van der Waals surface area contributed by atoms with E-state index in [0.717, 1.165) is 5.56 Å². The molecule has 0 radical (unpaired) electrons. The second-order valence-corrected chi connectivity index (χ2v) is 7.10. The third-order valence-corrected chi connectivity index (χ3v) is 4.77. The highest BCUT2D eigenvalue weighted by molar-refractivity contribution is 5.78. The molecule has 128 valence electrons. The molecule has 1 amide bonds. The van der Waals surface area contributed by atoms with Gasteiger partial charge in [0.15, 0.2) is 0 Å². The summed E-state index contributed by atoms with van der Waals surface area (Å²) in [4.78, 5) is 14.8. The van der Waals surface area contributed by atoms with Gasteiger partial charge < -0.3 is 9.64 Å². The number of benzene rings is 1. The van der Waals surface area contributed by atoms with Crippen LogP contribution in [0.15, 0.2) is 18.2 Å². The molecule has 23 heavy (non-hydrogen) atoms. The smallest absolute Gasteiger partial charge is 0.223 e. The lowest BCUT2D eigenvalue weighted by molar-refractivity contribution is -0.144. The number of carbonyl (C=O) groups excluding carboxylic acids is 1. The minimum atomic E-state index is -0.196. The van der Waals surface area contributed by atoms with E-state index in [1.807, 2.05) is 30.9 Å². The minimum Gasteiger partial charge on any atom is -0.377 e. The number of nitrogens with zero attached hydrogens (tertiary/aromatic N) is 1. The summed E-state index contributed by atoms with van der Waals surface area (Å²) in [7, 11) is 0. The second-order valence-electron chi connectivity index (χ2n) is 7.10. The molecule has 1 aliphatic rings. The average molecular weight is 321 g/mol. The predicted molar refractivity (Wildman–Crippen MR) is 89.9 cm³/mol. The normalized spacial score (nSPS) is 23.2. The Hall–Kier alpha value is -1.42. The van der Waals surface area contributed by atoms with Gasteiger partial charge in [0.25, 0.3) is 0 Å². The molecule has 3 unspecified atom stereocenters. The zero-order valence-electron chi connectivity index (χ0n) is 14.8. The van der Waals surface area contributed by atoms with Gasteiger partial charge >= 0.3 is 0 Å². The molecule has 3 atom stereocenters. The van der Waals surface area contributed by atoms with Crippen LogP contribution in [0.2, 0.25) is 0 Å². The summed E-state index contributed by atoms with van der Waals surface area (Å²) in [6.45, 7) is 11.2. The molecule has 0 bridgehead atoms. The van der Waals surface area contributed by atoms with Crippen LogP contribution in [0, 0.1) is 18.7 Å². The number of aryl methyl sites for hydroxylation is 1. The van der Waals surface area contributed by atoms with E-state index in [1.54, 1.807) is 6.92 Å².